The Morgan fingerprint density at radius 2 is 1.04 bits per heavy atom. The highest BCUT2D eigenvalue weighted by atomic mass is 16.6. The summed E-state index contributed by atoms with van der Waals surface area (Å²) in [5.41, 5.74) is 0. The van der Waals surface area contributed by atoms with Crippen molar-refractivity contribution in [1.29, 1.82) is 0 Å². The molecule has 0 aromatic heterocycles. The number of esters is 1. The van der Waals surface area contributed by atoms with Gasteiger partial charge >= 0.3 is 11.9 Å². The Morgan fingerprint density at radius 3 is 1.46 bits per heavy atom. The number of ether oxygens (including phenoxy) is 1. The summed E-state index contributed by atoms with van der Waals surface area (Å²) in [6.07, 6.45) is 19.9. The molecule has 0 spiro atoms. The lowest BCUT2D eigenvalue weighted by molar-refractivity contribution is -0.164. The van der Waals surface area contributed by atoms with Crippen LogP contribution in [0.5, 0.6) is 0 Å². The third-order valence-corrected chi connectivity index (χ3v) is 5.35. The van der Waals surface area contributed by atoms with Crippen molar-refractivity contribution in [2.24, 2.45) is 0 Å². The molecule has 4 heteroatoms. The molecule has 0 aromatic carbocycles. The van der Waals surface area contributed by atoms with Crippen LogP contribution in [0, 0.1) is 0 Å². The molecular formula is C24H46O4. The van der Waals surface area contributed by atoms with E-state index < -0.39 is 12.1 Å². The summed E-state index contributed by atoms with van der Waals surface area (Å²) in [4.78, 5) is 23.2. The van der Waals surface area contributed by atoms with E-state index in [1.165, 1.54) is 70.6 Å². The van der Waals surface area contributed by atoms with Crippen molar-refractivity contribution in [1.82, 2.24) is 0 Å². The first-order valence-corrected chi connectivity index (χ1v) is 12.0. The van der Waals surface area contributed by atoms with Crippen LogP contribution >= 0.6 is 0 Å². The first-order valence-electron chi connectivity index (χ1n) is 12.0. The Bertz CT molecular complexity index is 368. The second kappa shape index (κ2) is 20.7. The van der Waals surface area contributed by atoms with Crippen LogP contribution in [-0.4, -0.2) is 23.1 Å². The van der Waals surface area contributed by atoms with Gasteiger partial charge in [-0.25, -0.2) is 4.79 Å². The van der Waals surface area contributed by atoms with Crippen molar-refractivity contribution < 1.29 is 19.4 Å². The molecule has 1 N–H and O–H groups in total. The molecule has 1 atom stereocenters. The van der Waals surface area contributed by atoms with Gasteiger partial charge in [0, 0.05) is 6.42 Å². The number of hydrogen-bond donors (Lipinski definition) is 1. The number of carboxylic acid groups (broad SMARTS) is 1. The lowest BCUT2D eigenvalue weighted by Gasteiger charge is -2.13. The van der Waals surface area contributed by atoms with Gasteiger partial charge < -0.3 is 9.84 Å². The van der Waals surface area contributed by atoms with E-state index in [-0.39, 0.29) is 5.97 Å². The highest BCUT2D eigenvalue weighted by Gasteiger charge is 2.21. The molecule has 0 saturated heterocycles. The molecule has 166 valence electrons. The number of carbonyl (C=O) groups excluding carboxylic acids is 1. The third kappa shape index (κ3) is 18.3. The zero-order chi connectivity index (χ0) is 20.9. The molecule has 0 amide bonds. The minimum Gasteiger partial charge on any atom is -0.479 e. The minimum absolute atomic E-state index is 0.343. The average molecular weight is 399 g/mol. The number of carboxylic acids is 1. The molecule has 0 saturated carbocycles. The minimum atomic E-state index is -1.01. The highest BCUT2D eigenvalue weighted by Crippen LogP contribution is 2.14. The maximum atomic E-state index is 11.9. The van der Waals surface area contributed by atoms with Crippen molar-refractivity contribution in [3.05, 3.63) is 0 Å². The fourth-order valence-corrected chi connectivity index (χ4v) is 3.49. The van der Waals surface area contributed by atoms with Gasteiger partial charge in [-0.2, -0.15) is 0 Å². The van der Waals surface area contributed by atoms with Gasteiger partial charge in [-0.3, -0.25) is 4.79 Å². The largest absolute Gasteiger partial charge is 0.479 e. The second-order valence-corrected chi connectivity index (χ2v) is 8.16. The summed E-state index contributed by atoms with van der Waals surface area (Å²) in [6, 6.07) is 0. The van der Waals surface area contributed by atoms with E-state index in [4.69, 9.17) is 4.74 Å². The number of hydrogen-bond acceptors (Lipinski definition) is 3. The van der Waals surface area contributed by atoms with Crippen LogP contribution in [0.2, 0.25) is 0 Å². The van der Waals surface area contributed by atoms with Gasteiger partial charge in [-0.15, -0.1) is 0 Å². The Labute approximate surface area is 173 Å². The summed E-state index contributed by atoms with van der Waals surface area (Å²) in [5, 5.41) is 9.28. The highest BCUT2D eigenvalue weighted by molar-refractivity contribution is 5.77. The van der Waals surface area contributed by atoms with Crippen LogP contribution in [0.25, 0.3) is 0 Å². The number of unbranched alkanes of at least 4 members (excludes halogenated alkanes) is 15. The Morgan fingerprint density at radius 1 is 0.643 bits per heavy atom. The molecule has 4 nitrogen and oxygen atoms in total. The van der Waals surface area contributed by atoms with Crippen molar-refractivity contribution >= 4 is 11.9 Å². The molecule has 1 unspecified atom stereocenters. The molecule has 28 heavy (non-hydrogen) atoms. The molecule has 0 aliphatic carbocycles. The number of rotatable bonds is 21. The van der Waals surface area contributed by atoms with Crippen LogP contribution in [0.15, 0.2) is 0 Å². The number of carbonyl (C=O) groups is 2. The second-order valence-electron chi connectivity index (χ2n) is 8.16. The average Bonchev–Trinajstić information content (AvgIpc) is 2.67. The van der Waals surface area contributed by atoms with Crippen LogP contribution in [0.3, 0.4) is 0 Å². The van der Waals surface area contributed by atoms with Gasteiger partial charge in [0.05, 0.1) is 0 Å². The van der Waals surface area contributed by atoms with Crippen LogP contribution in [-0.2, 0) is 14.3 Å². The fourth-order valence-electron chi connectivity index (χ4n) is 3.49. The molecule has 0 radical (unpaired) electrons. The van der Waals surface area contributed by atoms with Gasteiger partial charge in [-0.1, -0.05) is 110 Å². The summed E-state index contributed by atoms with van der Waals surface area (Å²) < 4.78 is 5.20. The van der Waals surface area contributed by atoms with E-state index in [0.717, 1.165) is 38.5 Å². The van der Waals surface area contributed by atoms with E-state index in [1.54, 1.807) is 0 Å². The Balaban J connectivity index is 3.66. The quantitative estimate of drug-likeness (QED) is 0.161. The van der Waals surface area contributed by atoms with Crippen LogP contribution in [0.1, 0.15) is 136 Å². The van der Waals surface area contributed by atoms with E-state index >= 15 is 0 Å². The molecule has 0 aliphatic heterocycles. The van der Waals surface area contributed by atoms with Gasteiger partial charge in [-0.05, 0) is 19.3 Å². The molecule has 0 aromatic rings. The monoisotopic (exact) mass is 398 g/mol. The summed E-state index contributed by atoms with van der Waals surface area (Å²) >= 11 is 0. The topological polar surface area (TPSA) is 63.6 Å². The standard InChI is InChI=1S/C24H46O4/c1-3-5-7-9-11-12-13-15-16-18-20-22(24(26)27)28-23(25)21-19-17-14-10-8-6-4-2/h22H,3-21H2,1-2H3,(H,26,27). The summed E-state index contributed by atoms with van der Waals surface area (Å²) in [5.74, 6) is -1.36. The van der Waals surface area contributed by atoms with E-state index in [9.17, 15) is 14.7 Å². The van der Waals surface area contributed by atoms with E-state index in [0.29, 0.717) is 12.8 Å². The fraction of sp³-hybridized carbons (Fsp3) is 0.917. The predicted octanol–water partition coefficient (Wildman–Crippen LogP) is 7.43. The van der Waals surface area contributed by atoms with E-state index in [1.807, 2.05) is 0 Å². The first-order chi connectivity index (χ1) is 13.6. The summed E-state index contributed by atoms with van der Waals surface area (Å²) in [7, 11) is 0. The third-order valence-electron chi connectivity index (χ3n) is 5.35. The van der Waals surface area contributed by atoms with Crippen molar-refractivity contribution in [3.63, 3.8) is 0 Å². The van der Waals surface area contributed by atoms with Gasteiger partial charge in [0.2, 0.25) is 0 Å². The van der Waals surface area contributed by atoms with Gasteiger partial charge in [0.1, 0.15) is 0 Å². The summed E-state index contributed by atoms with van der Waals surface area (Å²) in [6.45, 7) is 4.43. The molecule has 0 aliphatic rings. The molecule has 0 fully saturated rings. The molecule has 0 rings (SSSR count). The zero-order valence-corrected chi connectivity index (χ0v) is 18.7. The molecule has 0 bridgehead atoms. The Hall–Kier alpha value is -1.06. The maximum absolute atomic E-state index is 11.9. The molecular weight excluding hydrogens is 352 g/mol. The lowest BCUT2D eigenvalue weighted by Crippen LogP contribution is -2.27. The smallest absolute Gasteiger partial charge is 0.345 e. The van der Waals surface area contributed by atoms with Crippen LogP contribution in [0.4, 0.5) is 0 Å². The zero-order valence-electron chi connectivity index (χ0n) is 18.7. The lowest BCUT2D eigenvalue weighted by atomic mass is 10.0. The molecule has 0 heterocycles. The number of aliphatic carboxylic acids is 1. The van der Waals surface area contributed by atoms with Gasteiger partial charge in [0.25, 0.3) is 0 Å². The van der Waals surface area contributed by atoms with Crippen LogP contribution < -0.4 is 0 Å². The first kappa shape index (κ1) is 26.9. The predicted molar refractivity (Wildman–Crippen MR) is 117 cm³/mol. The normalized spacial score (nSPS) is 12.1. The van der Waals surface area contributed by atoms with Crippen molar-refractivity contribution in [2.75, 3.05) is 0 Å². The Kier molecular flexibility index (Phi) is 19.9. The van der Waals surface area contributed by atoms with Gasteiger partial charge in [0.15, 0.2) is 6.10 Å². The van der Waals surface area contributed by atoms with Crippen molar-refractivity contribution in [3.8, 4) is 0 Å². The maximum Gasteiger partial charge on any atom is 0.345 e. The van der Waals surface area contributed by atoms with E-state index in [2.05, 4.69) is 13.8 Å². The SMILES string of the molecule is CCCCCCCCCCCCC(OC(=O)CCCCCCCCC)C(=O)O. The van der Waals surface area contributed by atoms with Crippen molar-refractivity contribution in [2.45, 2.75) is 142 Å².